The molecule has 5 heteroatoms. The number of aliphatic imine (C=N–C) groups is 1. The van der Waals surface area contributed by atoms with Crippen molar-refractivity contribution in [1.29, 1.82) is 0 Å². The van der Waals surface area contributed by atoms with E-state index in [9.17, 15) is 0 Å². The van der Waals surface area contributed by atoms with Gasteiger partial charge in [0.05, 0.1) is 23.6 Å². The number of benzene rings is 1. The van der Waals surface area contributed by atoms with E-state index in [-0.39, 0.29) is 6.04 Å². The Morgan fingerprint density at radius 3 is 2.50 bits per heavy atom. The average molecular weight is 313 g/mol. The van der Waals surface area contributed by atoms with Crippen LogP contribution in [-0.2, 0) is 0 Å². The number of aryl methyl sites for hydroxylation is 1. The second kappa shape index (κ2) is 6.83. The van der Waals surface area contributed by atoms with E-state index in [4.69, 9.17) is 4.43 Å². The molecular weight excluding hydrogens is 290 g/mol. The first-order valence-electron chi connectivity index (χ1n) is 7.45. The summed E-state index contributed by atoms with van der Waals surface area (Å²) in [6.45, 7) is 10.5. The number of nitrogens with zero attached hydrogens (tertiary/aromatic N) is 3. The van der Waals surface area contributed by atoms with E-state index in [1.165, 1.54) is 0 Å². The van der Waals surface area contributed by atoms with Gasteiger partial charge in [0.25, 0.3) is 0 Å². The highest BCUT2D eigenvalue weighted by atomic mass is 28.4. The van der Waals surface area contributed by atoms with E-state index < -0.39 is 8.32 Å². The van der Waals surface area contributed by atoms with Gasteiger partial charge in [-0.25, -0.2) is 0 Å². The summed E-state index contributed by atoms with van der Waals surface area (Å²) < 4.78 is 6.16. The fourth-order valence-corrected chi connectivity index (χ4v) is 2.83. The van der Waals surface area contributed by atoms with Gasteiger partial charge in [-0.15, -0.1) is 0 Å². The van der Waals surface area contributed by atoms with Crippen LogP contribution in [0.2, 0.25) is 19.6 Å². The van der Waals surface area contributed by atoms with Gasteiger partial charge in [-0.3, -0.25) is 15.0 Å². The van der Waals surface area contributed by atoms with Gasteiger partial charge in [0.15, 0.2) is 0 Å². The molecule has 1 aromatic heterocycles. The molecule has 4 nitrogen and oxygen atoms in total. The third-order valence-corrected chi connectivity index (χ3v) is 3.85. The van der Waals surface area contributed by atoms with E-state index in [2.05, 4.69) is 47.6 Å². The Hall–Kier alpha value is -2.01. The molecule has 0 saturated carbocycles. The summed E-state index contributed by atoms with van der Waals surface area (Å²) in [4.78, 5) is 13.1. The van der Waals surface area contributed by atoms with E-state index in [1.807, 2.05) is 25.1 Å². The molecule has 0 radical (unpaired) electrons. The second-order valence-corrected chi connectivity index (χ2v) is 10.7. The highest BCUT2D eigenvalue weighted by Gasteiger charge is 2.19. The normalized spacial score (nSPS) is 13.3. The molecular formula is C17H23N3OSi. The van der Waals surface area contributed by atoms with Gasteiger partial charge in [-0.2, -0.15) is 0 Å². The average Bonchev–Trinajstić information content (AvgIpc) is 2.45. The monoisotopic (exact) mass is 313 g/mol. The summed E-state index contributed by atoms with van der Waals surface area (Å²) in [6, 6.07) is 8.12. The molecule has 0 spiro atoms. The summed E-state index contributed by atoms with van der Waals surface area (Å²) in [7, 11) is -1.64. The van der Waals surface area contributed by atoms with Gasteiger partial charge in [0, 0.05) is 18.0 Å². The van der Waals surface area contributed by atoms with Crippen LogP contribution < -0.4 is 4.43 Å². The van der Waals surface area contributed by atoms with E-state index in [0.717, 1.165) is 22.7 Å². The van der Waals surface area contributed by atoms with Crippen LogP contribution in [-0.4, -0.2) is 24.5 Å². The molecule has 1 heterocycles. The van der Waals surface area contributed by atoms with E-state index >= 15 is 0 Å². The van der Waals surface area contributed by atoms with Crippen molar-refractivity contribution < 1.29 is 4.43 Å². The predicted octanol–water partition coefficient (Wildman–Crippen LogP) is 4.18. The largest absolute Gasteiger partial charge is 0.544 e. The minimum absolute atomic E-state index is 0.00986. The smallest absolute Gasteiger partial charge is 0.242 e. The fraction of sp³-hybridized carbons (Fsp3) is 0.353. The van der Waals surface area contributed by atoms with Crippen LogP contribution >= 0.6 is 0 Å². The Bertz CT molecular complexity index is 648. The number of para-hydroxylation sites is 1. The Labute approximate surface area is 133 Å². The zero-order valence-electron chi connectivity index (χ0n) is 13.9. The Balaban J connectivity index is 2.19. The molecule has 0 aliphatic rings. The van der Waals surface area contributed by atoms with Crippen molar-refractivity contribution in [2.24, 2.45) is 4.99 Å². The van der Waals surface area contributed by atoms with E-state index in [1.54, 1.807) is 18.6 Å². The van der Waals surface area contributed by atoms with Gasteiger partial charge in [0.1, 0.15) is 5.75 Å². The van der Waals surface area contributed by atoms with Crippen molar-refractivity contribution in [2.45, 2.75) is 39.5 Å². The highest BCUT2D eigenvalue weighted by Crippen LogP contribution is 2.29. The molecule has 1 aromatic carbocycles. The third kappa shape index (κ3) is 4.77. The first kappa shape index (κ1) is 16.4. The molecule has 22 heavy (non-hydrogen) atoms. The Morgan fingerprint density at radius 1 is 1.14 bits per heavy atom. The maximum absolute atomic E-state index is 6.16. The van der Waals surface area contributed by atoms with Crippen molar-refractivity contribution in [3.63, 3.8) is 0 Å². The number of hydrogen-bond donors (Lipinski definition) is 0. The van der Waals surface area contributed by atoms with Crippen molar-refractivity contribution in [3.05, 3.63) is 53.6 Å². The van der Waals surface area contributed by atoms with Gasteiger partial charge in [-0.05, 0) is 39.6 Å². The first-order valence-corrected chi connectivity index (χ1v) is 10.9. The SMILES string of the molecule is Cc1cnc(/C=N/C(C)c2ccccc2O[Si](C)(C)C)cn1. The van der Waals surface area contributed by atoms with Gasteiger partial charge in [-0.1, -0.05) is 18.2 Å². The van der Waals surface area contributed by atoms with Crippen LogP contribution in [0.15, 0.2) is 41.7 Å². The van der Waals surface area contributed by atoms with Crippen molar-refractivity contribution in [2.75, 3.05) is 0 Å². The minimum atomic E-state index is -1.64. The lowest BCUT2D eigenvalue weighted by Gasteiger charge is -2.22. The second-order valence-electron chi connectivity index (χ2n) is 6.29. The summed E-state index contributed by atoms with van der Waals surface area (Å²) in [5.74, 6) is 0.932. The molecule has 2 rings (SSSR count). The lowest BCUT2D eigenvalue weighted by molar-refractivity contribution is 0.543. The van der Waals surface area contributed by atoms with E-state index in [0.29, 0.717) is 0 Å². The molecule has 0 N–H and O–H groups in total. The molecule has 0 aliphatic carbocycles. The Morgan fingerprint density at radius 2 is 1.86 bits per heavy atom. The molecule has 0 aliphatic heterocycles. The summed E-state index contributed by atoms with van der Waals surface area (Å²) in [6.07, 6.45) is 5.24. The maximum atomic E-state index is 6.16. The third-order valence-electron chi connectivity index (χ3n) is 3.02. The summed E-state index contributed by atoms with van der Waals surface area (Å²) >= 11 is 0. The van der Waals surface area contributed by atoms with Crippen molar-refractivity contribution in [3.8, 4) is 5.75 Å². The van der Waals surface area contributed by atoms with Crippen LogP contribution in [0.4, 0.5) is 0 Å². The standard InChI is InChI=1S/C17H23N3OSi/c1-13-10-20-15(11-18-13)12-19-14(2)16-8-6-7-9-17(16)21-22(3,4)5/h6-12,14H,1-5H3/b19-12+. The van der Waals surface area contributed by atoms with Gasteiger partial charge in [0.2, 0.25) is 8.32 Å². The lowest BCUT2D eigenvalue weighted by atomic mass is 10.1. The van der Waals surface area contributed by atoms with Crippen LogP contribution in [0.5, 0.6) is 5.75 Å². The predicted molar refractivity (Wildman–Crippen MR) is 93.2 cm³/mol. The topological polar surface area (TPSA) is 47.4 Å². The van der Waals surface area contributed by atoms with Crippen LogP contribution in [0.25, 0.3) is 0 Å². The highest BCUT2D eigenvalue weighted by molar-refractivity contribution is 6.70. The zero-order valence-corrected chi connectivity index (χ0v) is 14.9. The number of hydrogen-bond acceptors (Lipinski definition) is 4. The van der Waals surface area contributed by atoms with Crippen LogP contribution in [0.1, 0.15) is 29.9 Å². The van der Waals surface area contributed by atoms with Crippen molar-refractivity contribution in [1.82, 2.24) is 9.97 Å². The maximum Gasteiger partial charge on any atom is 0.242 e. The molecule has 0 amide bonds. The molecule has 116 valence electrons. The lowest BCUT2D eigenvalue weighted by Crippen LogP contribution is -2.29. The van der Waals surface area contributed by atoms with Crippen LogP contribution in [0.3, 0.4) is 0 Å². The van der Waals surface area contributed by atoms with Gasteiger partial charge >= 0.3 is 0 Å². The minimum Gasteiger partial charge on any atom is -0.544 e. The quantitative estimate of drug-likeness (QED) is 0.614. The molecule has 1 atom stereocenters. The van der Waals surface area contributed by atoms with Gasteiger partial charge < -0.3 is 4.43 Å². The zero-order chi connectivity index (χ0) is 16.2. The molecule has 1 unspecified atom stereocenters. The number of rotatable bonds is 5. The van der Waals surface area contributed by atoms with Crippen molar-refractivity contribution >= 4 is 14.5 Å². The summed E-state index contributed by atoms with van der Waals surface area (Å²) in [5.41, 5.74) is 2.77. The summed E-state index contributed by atoms with van der Waals surface area (Å²) in [5, 5.41) is 0. The number of aromatic nitrogens is 2. The Kier molecular flexibility index (Phi) is 5.08. The van der Waals surface area contributed by atoms with Crippen LogP contribution in [0, 0.1) is 6.92 Å². The molecule has 0 saturated heterocycles. The first-order chi connectivity index (χ1) is 10.3. The molecule has 0 bridgehead atoms. The fourth-order valence-electron chi connectivity index (χ4n) is 1.99. The molecule has 2 aromatic rings. The molecule has 0 fully saturated rings.